The normalized spacial score (nSPS) is 14.1. The number of nitrogens with two attached hydrogens (primary N) is 1. The number of anilines is 3. The van der Waals surface area contributed by atoms with Crippen LogP contribution in [-0.4, -0.2) is 60.3 Å². The van der Waals surface area contributed by atoms with E-state index in [1.165, 1.54) is 18.7 Å². The number of nitrogens with zero attached hydrogens (tertiary/aromatic N) is 4. The summed E-state index contributed by atoms with van der Waals surface area (Å²) in [6, 6.07) is 5.35. The Hall–Kier alpha value is -3.57. The number of benzene rings is 1. The number of nitrogens with one attached hydrogen (secondary N) is 2. The summed E-state index contributed by atoms with van der Waals surface area (Å²) in [5.41, 5.74) is 6.84. The van der Waals surface area contributed by atoms with Crippen LogP contribution in [0.25, 0.3) is 10.9 Å². The van der Waals surface area contributed by atoms with Crippen LogP contribution in [0.3, 0.4) is 0 Å². The zero-order valence-corrected chi connectivity index (χ0v) is 20.6. The number of likely N-dealkylation sites (N-methyl/N-ethyl adjacent to an activating group) is 1. The summed E-state index contributed by atoms with van der Waals surface area (Å²) in [5, 5.41) is 6.71. The Labute approximate surface area is 207 Å². The highest BCUT2D eigenvalue weighted by Gasteiger charge is 2.20. The molecule has 12 heteroatoms. The fraction of sp³-hybridized carbons (Fsp3) is 0.391. The van der Waals surface area contributed by atoms with Crippen molar-refractivity contribution in [2.75, 3.05) is 44.1 Å². The molecule has 4 N–H and O–H groups in total. The van der Waals surface area contributed by atoms with E-state index in [1.54, 1.807) is 25.4 Å². The molecular formula is C23H28ClN7O4. The number of fused-ring (bicyclic) bond motifs is 1. The molecular weight excluding hydrogens is 474 g/mol. The molecule has 0 aliphatic carbocycles. The number of ether oxygens (including phenoxy) is 2. The molecule has 0 atom stereocenters. The Bertz CT molecular complexity index is 1310. The average Bonchev–Trinajstić information content (AvgIpc) is 2.86. The summed E-state index contributed by atoms with van der Waals surface area (Å²) in [6.45, 7) is 1.28. The molecule has 186 valence electrons. The van der Waals surface area contributed by atoms with Gasteiger partial charge < -0.3 is 35.3 Å². The fourth-order valence-corrected chi connectivity index (χ4v) is 4.09. The van der Waals surface area contributed by atoms with E-state index in [-0.39, 0.29) is 29.9 Å². The summed E-state index contributed by atoms with van der Waals surface area (Å²) >= 11 is 6.40. The summed E-state index contributed by atoms with van der Waals surface area (Å²) < 4.78 is 12.4. The van der Waals surface area contributed by atoms with E-state index in [2.05, 4.69) is 25.5 Å². The molecule has 3 heterocycles. The number of carbonyl (C=O) groups excluding carboxylic acids is 1. The monoisotopic (exact) mass is 501 g/mol. The molecule has 11 nitrogen and oxygen atoms in total. The number of hydrogen-bond acceptors (Lipinski definition) is 9. The summed E-state index contributed by atoms with van der Waals surface area (Å²) in [4.78, 5) is 35.4. The molecule has 1 amide bonds. The quantitative estimate of drug-likeness (QED) is 0.442. The van der Waals surface area contributed by atoms with E-state index in [0.29, 0.717) is 39.1 Å². The maximum absolute atomic E-state index is 12.8. The molecule has 4 rings (SSSR count). The lowest BCUT2D eigenvalue weighted by atomic mass is 10.1. The number of piperidine rings is 1. The minimum Gasteiger partial charge on any atom is -0.494 e. The number of rotatable bonds is 7. The lowest BCUT2D eigenvalue weighted by molar-refractivity contribution is -0.122. The first-order valence-corrected chi connectivity index (χ1v) is 11.5. The van der Waals surface area contributed by atoms with Crippen molar-refractivity contribution >= 4 is 45.9 Å². The van der Waals surface area contributed by atoms with Crippen molar-refractivity contribution in [2.24, 2.45) is 12.8 Å². The average molecular weight is 502 g/mol. The Morgan fingerprint density at radius 1 is 1.26 bits per heavy atom. The van der Waals surface area contributed by atoms with Gasteiger partial charge in [0.25, 0.3) is 11.5 Å². The van der Waals surface area contributed by atoms with Crippen LogP contribution in [0.15, 0.2) is 29.2 Å². The van der Waals surface area contributed by atoms with Gasteiger partial charge in [0, 0.05) is 50.4 Å². The molecule has 1 aliphatic rings. The standard InChI is InChI=1S/C23H28ClN7O4/c1-26-19(32)12-35-18-9-13-8-15(10-17(34-3)20(13)30(2)22(18)33)28-21-16(24)11-27-23(29-21)31-6-4-14(25)5-7-31/h8-11,14H,4-7,12,25H2,1-3H3,(H,26,32)(H,27,28,29). The van der Waals surface area contributed by atoms with Gasteiger partial charge in [0.1, 0.15) is 10.8 Å². The molecule has 1 aromatic carbocycles. The molecule has 1 aliphatic heterocycles. The van der Waals surface area contributed by atoms with Crippen molar-refractivity contribution in [1.82, 2.24) is 19.9 Å². The number of amides is 1. The van der Waals surface area contributed by atoms with E-state index in [1.807, 2.05) is 6.07 Å². The van der Waals surface area contributed by atoms with Gasteiger partial charge in [-0.2, -0.15) is 4.98 Å². The first kappa shape index (κ1) is 24.6. The molecule has 3 aromatic rings. The van der Waals surface area contributed by atoms with Gasteiger partial charge in [0.2, 0.25) is 5.95 Å². The molecule has 0 radical (unpaired) electrons. The highest BCUT2D eigenvalue weighted by molar-refractivity contribution is 6.32. The van der Waals surface area contributed by atoms with Crippen LogP contribution in [0.5, 0.6) is 11.5 Å². The van der Waals surface area contributed by atoms with Crippen LogP contribution >= 0.6 is 11.6 Å². The number of hydrogen-bond donors (Lipinski definition) is 3. The van der Waals surface area contributed by atoms with Gasteiger partial charge in [0.15, 0.2) is 18.2 Å². The maximum Gasteiger partial charge on any atom is 0.293 e. The number of methoxy groups -OCH3 is 1. The molecule has 1 fully saturated rings. The van der Waals surface area contributed by atoms with Gasteiger partial charge in [-0.1, -0.05) is 11.6 Å². The van der Waals surface area contributed by atoms with Gasteiger partial charge in [0.05, 0.1) is 18.8 Å². The first-order valence-electron chi connectivity index (χ1n) is 11.2. The zero-order valence-electron chi connectivity index (χ0n) is 19.8. The second-order valence-electron chi connectivity index (χ2n) is 8.27. The second-order valence-corrected chi connectivity index (χ2v) is 8.67. The van der Waals surface area contributed by atoms with Gasteiger partial charge >= 0.3 is 0 Å². The predicted molar refractivity (Wildman–Crippen MR) is 135 cm³/mol. The van der Waals surface area contributed by atoms with Crippen molar-refractivity contribution in [3.63, 3.8) is 0 Å². The maximum atomic E-state index is 12.8. The van der Waals surface area contributed by atoms with Crippen molar-refractivity contribution < 1.29 is 14.3 Å². The van der Waals surface area contributed by atoms with Gasteiger partial charge in [-0.3, -0.25) is 9.59 Å². The summed E-state index contributed by atoms with van der Waals surface area (Å²) in [7, 11) is 4.64. The molecule has 2 aromatic heterocycles. The molecule has 0 bridgehead atoms. The van der Waals surface area contributed by atoms with E-state index in [4.69, 9.17) is 26.8 Å². The summed E-state index contributed by atoms with van der Waals surface area (Å²) in [5.74, 6) is 1.19. The Morgan fingerprint density at radius 2 is 2.00 bits per heavy atom. The minimum atomic E-state index is -0.384. The largest absolute Gasteiger partial charge is 0.494 e. The smallest absolute Gasteiger partial charge is 0.293 e. The third-order valence-electron chi connectivity index (χ3n) is 5.92. The topological polar surface area (TPSA) is 137 Å². The Morgan fingerprint density at radius 3 is 2.69 bits per heavy atom. The Kier molecular flexibility index (Phi) is 7.27. The lowest BCUT2D eigenvalue weighted by Crippen LogP contribution is -2.40. The van der Waals surface area contributed by atoms with Crippen molar-refractivity contribution in [1.29, 1.82) is 0 Å². The first-order chi connectivity index (χ1) is 16.8. The van der Waals surface area contributed by atoms with Gasteiger partial charge in [-0.25, -0.2) is 4.98 Å². The van der Waals surface area contributed by atoms with Crippen molar-refractivity contribution in [3.8, 4) is 11.5 Å². The van der Waals surface area contributed by atoms with Crippen LogP contribution in [0.2, 0.25) is 5.02 Å². The van der Waals surface area contributed by atoms with Crippen LogP contribution < -0.4 is 36.3 Å². The van der Waals surface area contributed by atoms with Crippen LogP contribution in [0.1, 0.15) is 12.8 Å². The SMILES string of the molecule is CNC(=O)COc1cc2cc(Nc3nc(N4CCC(N)CC4)ncc3Cl)cc(OC)c2n(C)c1=O. The summed E-state index contributed by atoms with van der Waals surface area (Å²) in [6.07, 6.45) is 3.31. The molecule has 0 spiro atoms. The third kappa shape index (κ3) is 5.25. The fourth-order valence-electron chi connectivity index (χ4n) is 3.95. The van der Waals surface area contributed by atoms with E-state index in [0.717, 1.165) is 25.9 Å². The zero-order chi connectivity index (χ0) is 25.1. The number of aryl methyl sites for hydroxylation is 1. The molecule has 35 heavy (non-hydrogen) atoms. The van der Waals surface area contributed by atoms with Crippen LogP contribution in [0, 0.1) is 0 Å². The predicted octanol–water partition coefficient (Wildman–Crippen LogP) is 1.79. The third-order valence-corrected chi connectivity index (χ3v) is 6.19. The molecule has 0 unspecified atom stereocenters. The Balaban J connectivity index is 1.69. The number of halogens is 1. The van der Waals surface area contributed by atoms with Crippen molar-refractivity contribution in [3.05, 3.63) is 39.8 Å². The van der Waals surface area contributed by atoms with Crippen LogP contribution in [-0.2, 0) is 11.8 Å². The van der Waals surface area contributed by atoms with Crippen molar-refractivity contribution in [2.45, 2.75) is 18.9 Å². The van der Waals surface area contributed by atoms with Gasteiger partial charge in [-0.05, 0) is 25.0 Å². The number of carbonyl (C=O) groups is 1. The van der Waals surface area contributed by atoms with E-state index >= 15 is 0 Å². The molecule has 0 saturated carbocycles. The highest BCUT2D eigenvalue weighted by Crippen LogP contribution is 2.33. The van der Waals surface area contributed by atoms with E-state index in [9.17, 15) is 9.59 Å². The number of aromatic nitrogens is 3. The second kappa shape index (κ2) is 10.4. The van der Waals surface area contributed by atoms with Gasteiger partial charge in [-0.15, -0.1) is 0 Å². The number of pyridine rings is 1. The molecule has 1 saturated heterocycles. The lowest BCUT2D eigenvalue weighted by Gasteiger charge is -2.30. The minimum absolute atomic E-state index is 0.0495. The van der Waals surface area contributed by atoms with E-state index < -0.39 is 0 Å². The highest BCUT2D eigenvalue weighted by atomic mass is 35.5. The van der Waals surface area contributed by atoms with Crippen LogP contribution in [0.4, 0.5) is 17.5 Å².